The third kappa shape index (κ3) is 3.90. The standard InChI is InChI=1S/C20H17FN4O3/c21-15-6-8-16(9-7-15)25-12-14(11-18(25)26)19(27)22-20-24-23-17(28-20)10-13-4-2-1-3-5-13/h1-9,14H,10-12H2,(H,22,24,27). The fourth-order valence-corrected chi connectivity index (χ4v) is 3.11. The predicted octanol–water partition coefficient (Wildman–Crippen LogP) is 2.79. The first-order valence-corrected chi connectivity index (χ1v) is 8.81. The molecule has 1 aliphatic heterocycles. The van der Waals surface area contributed by atoms with Crippen molar-refractivity contribution in [1.82, 2.24) is 10.2 Å². The van der Waals surface area contributed by atoms with Crippen molar-refractivity contribution >= 4 is 23.5 Å². The van der Waals surface area contributed by atoms with Gasteiger partial charge in [-0.2, -0.15) is 0 Å². The van der Waals surface area contributed by atoms with Gasteiger partial charge in [-0.25, -0.2) is 4.39 Å². The highest BCUT2D eigenvalue weighted by atomic mass is 19.1. The van der Waals surface area contributed by atoms with Crippen LogP contribution < -0.4 is 10.2 Å². The molecule has 1 aliphatic rings. The Morgan fingerprint density at radius 2 is 1.89 bits per heavy atom. The highest BCUT2D eigenvalue weighted by Crippen LogP contribution is 2.26. The molecule has 0 aliphatic carbocycles. The van der Waals surface area contributed by atoms with E-state index in [1.165, 1.54) is 29.2 Å². The van der Waals surface area contributed by atoms with Gasteiger partial charge < -0.3 is 9.32 Å². The second kappa shape index (κ2) is 7.59. The van der Waals surface area contributed by atoms with Crippen molar-refractivity contribution in [2.24, 2.45) is 5.92 Å². The van der Waals surface area contributed by atoms with E-state index in [2.05, 4.69) is 15.5 Å². The molecule has 8 heteroatoms. The van der Waals surface area contributed by atoms with Crippen molar-refractivity contribution in [3.05, 3.63) is 71.9 Å². The maximum absolute atomic E-state index is 13.1. The SMILES string of the molecule is O=C(Nc1nnc(Cc2ccccc2)o1)C1CC(=O)N(c2ccc(F)cc2)C1. The van der Waals surface area contributed by atoms with Gasteiger partial charge in [0.25, 0.3) is 0 Å². The predicted molar refractivity (Wildman–Crippen MR) is 99.0 cm³/mol. The molecule has 1 atom stereocenters. The summed E-state index contributed by atoms with van der Waals surface area (Å²) < 4.78 is 18.5. The summed E-state index contributed by atoms with van der Waals surface area (Å²) in [5.74, 6) is -1.11. The molecule has 0 spiro atoms. The third-order valence-electron chi connectivity index (χ3n) is 4.53. The second-order valence-corrected chi connectivity index (χ2v) is 6.53. The minimum atomic E-state index is -0.554. The van der Waals surface area contributed by atoms with Crippen LogP contribution >= 0.6 is 0 Å². The van der Waals surface area contributed by atoms with E-state index in [-0.39, 0.29) is 36.6 Å². The number of amides is 2. The molecule has 0 radical (unpaired) electrons. The quantitative estimate of drug-likeness (QED) is 0.735. The van der Waals surface area contributed by atoms with E-state index in [1.54, 1.807) is 0 Å². The average Bonchev–Trinajstić information content (AvgIpc) is 3.30. The molecule has 1 saturated heterocycles. The minimum Gasteiger partial charge on any atom is -0.407 e. The number of carbonyl (C=O) groups excluding carboxylic acids is 2. The number of benzene rings is 2. The first-order valence-electron chi connectivity index (χ1n) is 8.81. The van der Waals surface area contributed by atoms with Gasteiger partial charge in [0.1, 0.15) is 5.82 Å². The first kappa shape index (κ1) is 17.8. The van der Waals surface area contributed by atoms with Crippen LogP contribution in [-0.4, -0.2) is 28.6 Å². The van der Waals surface area contributed by atoms with Crippen molar-refractivity contribution in [3.8, 4) is 0 Å². The van der Waals surface area contributed by atoms with Gasteiger partial charge >= 0.3 is 6.01 Å². The van der Waals surface area contributed by atoms with Crippen molar-refractivity contribution in [3.63, 3.8) is 0 Å². The Morgan fingerprint density at radius 3 is 2.64 bits per heavy atom. The number of rotatable bonds is 5. The van der Waals surface area contributed by atoms with E-state index in [0.29, 0.717) is 18.0 Å². The van der Waals surface area contributed by atoms with Gasteiger partial charge in [-0.05, 0) is 29.8 Å². The maximum Gasteiger partial charge on any atom is 0.322 e. The Kier molecular flexibility index (Phi) is 4.84. The number of nitrogens with zero attached hydrogens (tertiary/aromatic N) is 3. The molecule has 3 aromatic rings. The van der Waals surface area contributed by atoms with Crippen LogP contribution in [0.1, 0.15) is 17.9 Å². The Hall–Kier alpha value is -3.55. The van der Waals surface area contributed by atoms with Crippen LogP contribution in [0.25, 0.3) is 0 Å². The molecule has 1 N–H and O–H groups in total. The van der Waals surface area contributed by atoms with Crippen LogP contribution in [0.3, 0.4) is 0 Å². The Labute approximate surface area is 160 Å². The summed E-state index contributed by atoms with van der Waals surface area (Å²) in [6, 6.07) is 15.2. The zero-order valence-corrected chi connectivity index (χ0v) is 14.8. The van der Waals surface area contributed by atoms with E-state index in [4.69, 9.17) is 4.42 Å². The van der Waals surface area contributed by atoms with Crippen molar-refractivity contribution in [1.29, 1.82) is 0 Å². The minimum absolute atomic E-state index is 0.00334. The van der Waals surface area contributed by atoms with Gasteiger partial charge in [-0.3, -0.25) is 14.9 Å². The van der Waals surface area contributed by atoms with Crippen molar-refractivity contribution < 1.29 is 18.4 Å². The van der Waals surface area contributed by atoms with Crippen LogP contribution in [-0.2, 0) is 16.0 Å². The molecule has 0 saturated carbocycles. The lowest BCUT2D eigenvalue weighted by Crippen LogP contribution is -2.28. The normalized spacial score (nSPS) is 16.4. The van der Waals surface area contributed by atoms with Crippen LogP contribution in [0, 0.1) is 11.7 Å². The lowest BCUT2D eigenvalue weighted by molar-refractivity contribution is -0.122. The highest BCUT2D eigenvalue weighted by Gasteiger charge is 2.35. The summed E-state index contributed by atoms with van der Waals surface area (Å²) in [5, 5.41) is 10.3. The number of halogens is 1. The smallest absolute Gasteiger partial charge is 0.322 e. The van der Waals surface area contributed by atoms with Crippen LogP contribution in [0.15, 0.2) is 59.0 Å². The van der Waals surface area contributed by atoms with Gasteiger partial charge in [0.15, 0.2) is 0 Å². The van der Waals surface area contributed by atoms with Crippen molar-refractivity contribution in [2.45, 2.75) is 12.8 Å². The Bertz CT molecular complexity index is 988. The molecular formula is C20H17FN4O3. The van der Waals surface area contributed by atoms with Crippen molar-refractivity contribution in [2.75, 3.05) is 16.8 Å². The lowest BCUT2D eigenvalue weighted by Gasteiger charge is -2.16. The monoisotopic (exact) mass is 380 g/mol. The summed E-state index contributed by atoms with van der Waals surface area (Å²) in [6.07, 6.45) is 0.526. The summed E-state index contributed by atoms with van der Waals surface area (Å²) in [4.78, 5) is 26.2. The molecule has 7 nitrogen and oxygen atoms in total. The van der Waals surface area contributed by atoms with E-state index in [0.717, 1.165) is 5.56 Å². The summed E-state index contributed by atoms with van der Waals surface area (Å²) >= 11 is 0. The lowest BCUT2D eigenvalue weighted by atomic mass is 10.1. The number of hydrogen-bond acceptors (Lipinski definition) is 5. The molecule has 28 heavy (non-hydrogen) atoms. The average molecular weight is 380 g/mol. The second-order valence-electron chi connectivity index (χ2n) is 6.53. The van der Waals surface area contributed by atoms with E-state index < -0.39 is 5.92 Å². The molecule has 1 fully saturated rings. The van der Waals surface area contributed by atoms with Gasteiger partial charge in [0.2, 0.25) is 17.7 Å². The molecule has 0 bridgehead atoms. The zero-order chi connectivity index (χ0) is 19.5. The van der Waals surface area contributed by atoms with E-state index in [1.807, 2.05) is 30.3 Å². The molecule has 142 valence electrons. The molecule has 2 amide bonds. The number of nitrogens with one attached hydrogen (secondary N) is 1. The van der Waals surface area contributed by atoms with Gasteiger partial charge in [0, 0.05) is 18.7 Å². The molecular weight excluding hydrogens is 363 g/mol. The van der Waals surface area contributed by atoms with Gasteiger partial charge in [-0.15, -0.1) is 5.10 Å². The number of carbonyl (C=O) groups is 2. The highest BCUT2D eigenvalue weighted by molar-refractivity contribution is 6.02. The fourth-order valence-electron chi connectivity index (χ4n) is 3.11. The van der Waals surface area contributed by atoms with E-state index in [9.17, 15) is 14.0 Å². The van der Waals surface area contributed by atoms with E-state index >= 15 is 0 Å². The Balaban J connectivity index is 1.38. The number of anilines is 2. The number of hydrogen-bond donors (Lipinski definition) is 1. The molecule has 2 aromatic carbocycles. The molecule has 1 aromatic heterocycles. The summed E-state index contributed by atoms with van der Waals surface area (Å²) in [7, 11) is 0. The van der Waals surface area contributed by atoms with Crippen LogP contribution in [0.2, 0.25) is 0 Å². The fraction of sp³-hybridized carbons (Fsp3) is 0.200. The topological polar surface area (TPSA) is 88.3 Å². The number of aromatic nitrogens is 2. The third-order valence-corrected chi connectivity index (χ3v) is 4.53. The molecule has 2 heterocycles. The van der Waals surface area contributed by atoms with Gasteiger partial charge in [-0.1, -0.05) is 35.4 Å². The largest absolute Gasteiger partial charge is 0.407 e. The van der Waals surface area contributed by atoms with Gasteiger partial charge in [0.05, 0.1) is 12.3 Å². The molecule has 4 rings (SSSR count). The van der Waals surface area contributed by atoms with Crippen LogP contribution in [0.4, 0.5) is 16.1 Å². The summed E-state index contributed by atoms with van der Waals surface area (Å²) in [5.41, 5.74) is 1.57. The van der Waals surface area contributed by atoms with Crippen LogP contribution in [0.5, 0.6) is 0 Å². The molecule has 1 unspecified atom stereocenters. The maximum atomic E-state index is 13.1. The zero-order valence-electron chi connectivity index (χ0n) is 14.8. The summed E-state index contributed by atoms with van der Waals surface area (Å²) in [6.45, 7) is 0.210. The first-order chi connectivity index (χ1) is 13.6. The Morgan fingerprint density at radius 1 is 1.14 bits per heavy atom.